The normalized spacial score (nSPS) is 15.7. The van der Waals surface area contributed by atoms with Gasteiger partial charge in [-0.05, 0) is 36.6 Å². The molecule has 0 saturated carbocycles. The van der Waals surface area contributed by atoms with Gasteiger partial charge in [-0.3, -0.25) is 4.68 Å². The van der Waals surface area contributed by atoms with Gasteiger partial charge in [-0.2, -0.15) is 0 Å². The molecule has 1 N–H and O–H groups in total. The van der Waals surface area contributed by atoms with E-state index in [1.807, 2.05) is 31.4 Å². The van der Waals surface area contributed by atoms with Crippen LogP contribution in [0.3, 0.4) is 0 Å². The summed E-state index contributed by atoms with van der Waals surface area (Å²) >= 11 is 0. The molecule has 2 aromatic rings. The number of ether oxygens (including phenoxy) is 1. The standard InChI is InChI=1S/C13H14N4O2/c1-17-7-10(14-16-17)8-19-11-3-4-12-9(6-11)2-5-13(12)15-18/h3-4,6-7,18H,2,5,8H2,1H3/b15-13+. The lowest BCUT2D eigenvalue weighted by atomic mass is 10.1. The average Bonchev–Trinajstić information content (AvgIpc) is 3.01. The second kappa shape index (κ2) is 4.72. The molecule has 1 aliphatic rings. The number of nitrogens with zero attached hydrogens (tertiary/aromatic N) is 4. The van der Waals surface area contributed by atoms with E-state index in [2.05, 4.69) is 15.5 Å². The molecule has 0 aliphatic heterocycles. The van der Waals surface area contributed by atoms with Gasteiger partial charge in [-0.1, -0.05) is 10.4 Å². The summed E-state index contributed by atoms with van der Waals surface area (Å²) < 4.78 is 7.33. The first-order valence-corrected chi connectivity index (χ1v) is 6.08. The van der Waals surface area contributed by atoms with Crippen LogP contribution in [0.4, 0.5) is 0 Å². The summed E-state index contributed by atoms with van der Waals surface area (Å²) in [6.07, 6.45) is 3.49. The van der Waals surface area contributed by atoms with Crippen molar-refractivity contribution in [3.05, 3.63) is 41.2 Å². The Morgan fingerprint density at radius 2 is 2.32 bits per heavy atom. The molecule has 1 aromatic heterocycles. The Bertz CT molecular complexity index is 633. The number of hydrogen-bond acceptors (Lipinski definition) is 5. The fraction of sp³-hybridized carbons (Fsp3) is 0.308. The molecular weight excluding hydrogens is 244 g/mol. The lowest BCUT2D eigenvalue weighted by molar-refractivity contribution is 0.301. The third kappa shape index (κ3) is 2.29. The zero-order chi connectivity index (χ0) is 13.2. The number of oxime groups is 1. The fourth-order valence-electron chi connectivity index (χ4n) is 2.26. The highest BCUT2D eigenvalue weighted by Crippen LogP contribution is 2.27. The number of fused-ring (bicyclic) bond motifs is 1. The third-order valence-corrected chi connectivity index (χ3v) is 3.18. The van der Waals surface area contributed by atoms with Crippen molar-refractivity contribution in [2.45, 2.75) is 19.4 Å². The van der Waals surface area contributed by atoms with Crippen molar-refractivity contribution in [2.24, 2.45) is 12.2 Å². The minimum atomic E-state index is 0.396. The van der Waals surface area contributed by atoms with E-state index in [-0.39, 0.29) is 0 Å². The Hall–Kier alpha value is -2.37. The molecule has 0 saturated heterocycles. The largest absolute Gasteiger partial charge is 0.487 e. The number of hydrogen-bond donors (Lipinski definition) is 1. The van der Waals surface area contributed by atoms with Gasteiger partial charge in [0.1, 0.15) is 18.1 Å². The molecule has 1 aliphatic carbocycles. The summed E-state index contributed by atoms with van der Waals surface area (Å²) in [5.41, 5.74) is 3.70. The minimum Gasteiger partial charge on any atom is -0.487 e. The Morgan fingerprint density at radius 1 is 1.42 bits per heavy atom. The minimum absolute atomic E-state index is 0.396. The van der Waals surface area contributed by atoms with Gasteiger partial charge in [-0.25, -0.2) is 0 Å². The molecule has 6 nitrogen and oxygen atoms in total. The van der Waals surface area contributed by atoms with Crippen LogP contribution in [-0.4, -0.2) is 25.9 Å². The highest BCUT2D eigenvalue weighted by atomic mass is 16.5. The predicted molar refractivity (Wildman–Crippen MR) is 68.4 cm³/mol. The molecule has 19 heavy (non-hydrogen) atoms. The molecule has 0 bridgehead atoms. The number of rotatable bonds is 3. The van der Waals surface area contributed by atoms with Crippen LogP contribution in [0.2, 0.25) is 0 Å². The van der Waals surface area contributed by atoms with Crippen molar-refractivity contribution in [1.29, 1.82) is 0 Å². The fourth-order valence-corrected chi connectivity index (χ4v) is 2.26. The third-order valence-electron chi connectivity index (χ3n) is 3.18. The summed E-state index contributed by atoms with van der Waals surface area (Å²) in [6, 6.07) is 5.80. The number of aryl methyl sites for hydroxylation is 2. The Labute approximate surface area is 110 Å². The first kappa shape index (κ1) is 11.7. The monoisotopic (exact) mass is 258 g/mol. The molecular formula is C13H14N4O2. The zero-order valence-electron chi connectivity index (χ0n) is 10.6. The van der Waals surface area contributed by atoms with E-state index in [0.29, 0.717) is 6.61 Å². The summed E-state index contributed by atoms with van der Waals surface area (Å²) in [5.74, 6) is 0.795. The first-order chi connectivity index (χ1) is 9.26. The van der Waals surface area contributed by atoms with E-state index in [1.165, 1.54) is 0 Å². The van der Waals surface area contributed by atoms with Crippen LogP contribution in [0.25, 0.3) is 0 Å². The molecule has 0 unspecified atom stereocenters. The highest BCUT2D eigenvalue weighted by Gasteiger charge is 2.18. The lowest BCUT2D eigenvalue weighted by Crippen LogP contribution is -1.98. The SMILES string of the molecule is Cn1cc(COc2ccc3c(c2)CC/C3=N\O)nn1. The van der Waals surface area contributed by atoms with Crippen LogP contribution in [0.15, 0.2) is 29.6 Å². The van der Waals surface area contributed by atoms with Gasteiger partial charge < -0.3 is 9.94 Å². The number of benzene rings is 1. The molecule has 0 amide bonds. The zero-order valence-corrected chi connectivity index (χ0v) is 10.6. The average molecular weight is 258 g/mol. The van der Waals surface area contributed by atoms with Crippen molar-refractivity contribution < 1.29 is 9.94 Å². The van der Waals surface area contributed by atoms with Crippen molar-refractivity contribution >= 4 is 5.71 Å². The number of aromatic nitrogens is 3. The van der Waals surface area contributed by atoms with Crippen molar-refractivity contribution in [3.63, 3.8) is 0 Å². The van der Waals surface area contributed by atoms with Crippen LogP contribution in [0.1, 0.15) is 23.2 Å². The van der Waals surface area contributed by atoms with Crippen LogP contribution in [0, 0.1) is 0 Å². The molecule has 1 aromatic carbocycles. The van der Waals surface area contributed by atoms with Crippen LogP contribution < -0.4 is 4.74 Å². The van der Waals surface area contributed by atoms with Crippen LogP contribution in [0.5, 0.6) is 5.75 Å². The quantitative estimate of drug-likeness (QED) is 0.669. The summed E-state index contributed by atoms with van der Waals surface area (Å²) in [5, 5.41) is 20.0. The molecule has 0 spiro atoms. The van der Waals surface area contributed by atoms with E-state index >= 15 is 0 Å². The smallest absolute Gasteiger partial charge is 0.134 e. The van der Waals surface area contributed by atoms with Gasteiger partial charge >= 0.3 is 0 Å². The Balaban J connectivity index is 1.73. The van der Waals surface area contributed by atoms with Gasteiger partial charge in [0.25, 0.3) is 0 Å². The van der Waals surface area contributed by atoms with E-state index in [0.717, 1.165) is 41.1 Å². The summed E-state index contributed by atoms with van der Waals surface area (Å²) in [4.78, 5) is 0. The van der Waals surface area contributed by atoms with Gasteiger partial charge in [0.2, 0.25) is 0 Å². The van der Waals surface area contributed by atoms with Crippen molar-refractivity contribution in [3.8, 4) is 5.75 Å². The van der Waals surface area contributed by atoms with E-state index in [9.17, 15) is 0 Å². The topological polar surface area (TPSA) is 72.5 Å². The van der Waals surface area contributed by atoms with E-state index in [4.69, 9.17) is 9.94 Å². The molecule has 0 atom stereocenters. The Kier molecular flexibility index (Phi) is 2.91. The van der Waals surface area contributed by atoms with E-state index in [1.54, 1.807) is 4.68 Å². The van der Waals surface area contributed by atoms with Gasteiger partial charge in [0.15, 0.2) is 0 Å². The summed E-state index contributed by atoms with van der Waals surface area (Å²) in [7, 11) is 1.82. The van der Waals surface area contributed by atoms with Crippen LogP contribution >= 0.6 is 0 Å². The van der Waals surface area contributed by atoms with E-state index < -0.39 is 0 Å². The second-order valence-electron chi connectivity index (χ2n) is 4.54. The second-order valence-corrected chi connectivity index (χ2v) is 4.54. The van der Waals surface area contributed by atoms with Gasteiger partial charge in [-0.15, -0.1) is 5.10 Å². The highest BCUT2D eigenvalue weighted by molar-refractivity contribution is 6.04. The molecule has 1 heterocycles. The molecule has 0 fully saturated rings. The van der Waals surface area contributed by atoms with Gasteiger partial charge in [0.05, 0.1) is 11.9 Å². The maximum Gasteiger partial charge on any atom is 0.134 e. The van der Waals surface area contributed by atoms with Gasteiger partial charge in [0, 0.05) is 12.6 Å². The molecule has 6 heteroatoms. The predicted octanol–water partition coefficient (Wildman–Crippen LogP) is 1.52. The Morgan fingerprint density at radius 3 is 3.05 bits per heavy atom. The van der Waals surface area contributed by atoms with Crippen molar-refractivity contribution in [1.82, 2.24) is 15.0 Å². The van der Waals surface area contributed by atoms with Crippen molar-refractivity contribution in [2.75, 3.05) is 0 Å². The molecule has 0 radical (unpaired) electrons. The molecule has 98 valence electrons. The maximum absolute atomic E-state index is 8.88. The maximum atomic E-state index is 8.88. The summed E-state index contributed by atoms with van der Waals surface area (Å²) in [6.45, 7) is 0.396. The van der Waals surface area contributed by atoms with Crippen LogP contribution in [-0.2, 0) is 20.1 Å². The molecule has 3 rings (SSSR count). The lowest BCUT2D eigenvalue weighted by Gasteiger charge is -2.06. The first-order valence-electron chi connectivity index (χ1n) is 6.08.